The average Bonchev–Trinajstić information content (AvgIpc) is 3.13. The van der Waals surface area contributed by atoms with E-state index in [9.17, 15) is 13.2 Å². The second-order valence-corrected chi connectivity index (χ2v) is 10.4. The minimum absolute atomic E-state index is 0.0609. The summed E-state index contributed by atoms with van der Waals surface area (Å²) in [4.78, 5) is 17.1. The zero-order valence-electron chi connectivity index (χ0n) is 17.4. The Balaban J connectivity index is 1.37. The summed E-state index contributed by atoms with van der Waals surface area (Å²) in [6.07, 6.45) is 9.07. The molecule has 0 unspecified atom stereocenters. The van der Waals surface area contributed by atoms with Gasteiger partial charge in [-0.15, -0.1) is 0 Å². The highest BCUT2D eigenvalue weighted by atomic mass is 32.2. The molecule has 1 aliphatic heterocycles. The maximum Gasteiger partial charge on any atom is 0.240 e. The molecule has 2 aliphatic rings. The Bertz CT molecular complexity index is 984. The SMILES string of the molecule is CC1CCC(NS(=O)(=O)CC(=O)Nc2cccc(-c3cn4c(n3)CCCC4)c2)CC1. The molecule has 0 radical (unpaired) electrons. The van der Waals surface area contributed by atoms with E-state index in [1.807, 2.05) is 18.2 Å². The van der Waals surface area contributed by atoms with Crippen molar-refractivity contribution in [2.45, 2.75) is 64.5 Å². The largest absolute Gasteiger partial charge is 0.334 e. The number of carbonyl (C=O) groups excluding carboxylic acids is 1. The lowest BCUT2D eigenvalue weighted by atomic mass is 9.88. The predicted molar refractivity (Wildman–Crippen MR) is 118 cm³/mol. The van der Waals surface area contributed by atoms with Crippen LogP contribution in [0.15, 0.2) is 30.5 Å². The lowest BCUT2D eigenvalue weighted by Crippen LogP contribution is -2.41. The topological polar surface area (TPSA) is 93.1 Å². The zero-order chi connectivity index (χ0) is 21.1. The predicted octanol–water partition coefficient (Wildman–Crippen LogP) is 3.32. The molecule has 162 valence electrons. The molecule has 1 aliphatic carbocycles. The summed E-state index contributed by atoms with van der Waals surface area (Å²) in [6.45, 7) is 3.18. The number of nitrogens with zero attached hydrogens (tertiary/aromatic N) is 2. The third-order valence-corrected chi connectivity index (χ3v) is 7.37. The number of hydrogen-bond acceptors (Lipinski definition) is 4. The minimum atomic E-state index is -3.66. The molecule has 30 heavy (non-hydrogen) atoms. The van der Waals surface area contributed by atoms with E-state index in [1.54, 1.807) is 6.07 Å². The van der Waals surface area contributed by atoms with Gasteiger partial charge in [0.1, 0.15) is 11.6 Å². The first-order chi connectivity index (χ1) is 14.4. The fraction of sp³-hybridized carbons (Fsp3) is 0.545. The van der Waals surface area contributed by atoms with Gasteiger partial charge >= 0.3 is 0 Å². The van der Waals surface area contributed by atoms with Gasteiger partial charge < -0.3 is 9.88 Å². The number of amides is 1. The quantitative estimate of drug-likeness (QED) is 0.735. The van der Waals surface area contributed by atoms with Crippen molar-refractivity contribution < 1.29 is 13.2 Å². The maximum absolute atomic E-state index is 12.4. The molecule has 2 heterocycles. The van der Waals surface area contributed by atoms with E-state index >= 15 is 0 Å². The average molecular weight is 431 g/mol. The molecule has 2 aromatic rings. The highest BCUT2D eigenvalue weighted by Crippen LogP contribution is 2.25. The van der Waals surface area contributed by atoms with Gasteiger partial charge in [0, 0.05) is 36.5 Å². The van der Waals surface area contributed by atoms with Crippen molar-refractivity contribution in [3.63, 3.8) is 0 Å². The Morgan fingerprint density at radius 2 is 2.00 bits per heavy atom. The Morgan fingerprint density at radius 1 is 1.20 bits per heavy atom. The summed E-state index contributed by atoms with van der Waals surface area (Å²) >= 11 is 0. The van der Waals surface area contributed by atoms with Gasteiger partial charge in [-0.1, -0.05) is 19.1 Å². The Hall–Kier alpha value is -2.19. The van der Waals surface area contributed by atoms with E-state index in [0.29, 0.717) is 11.6 Å². The number of benzene rings is 1. The van der Waals surface area contributed by atoms with Crippen molar-refractivity contribution in [2.75, 3.05) is 11.1 Å². The Labute approximate surface area is 178 Å². The lowest BCUT2D eigenvalue weighted by molar-refractivity contribution is -0.113. The molecule has 1 amide bonds. The van der Waals surface area contributed by atoms with Crippen LogP contribution in [0.1, 0.15) is 51.3 Å². The van der Waals surface area contributed by atoms with E-state index in [4.69, 9.17) is 4.98 Å². The molecule has 0 bridgehead atoms. The molecule has 1 saturated carbocycles. The van der Waals surface area contributed by atoms with Gasteiger partial charge in [-0.2, -0.15) is 0 Å². The molecule has 1 fully saturated rings. The lowest BCUT2D eigenvalue weighted by Gasteiger charge is -2.26. The van der Waals surface area contributed by atoms with Gasteiger partial charge in [0.15, 0.2) is 0 Å². The fourth-order valence-electron chi connectivity index (χ4n) is 4.35. The van der Waals surface area contributed by atoms with Gasteiger partial charge in [0.25, 0.3) is 0 Å². The van der Waals surface area contributed by atoms with Gasteiger partial charge in [-0.3, -0.25) is 4.79 Å². The number of aromatic nitrogens is 2. The van der Waals surface area contributed by atoms with Crippen molar-refractivity contribution in [2.24, 2.45) is 5.92 Å². The first-order valence-corrected chi connectivity index (χ1v) is 12.5. The molecule has 7 nitrogen and oxygen atoms in total. The van der Waals surface area contributed by atoms with Crippen molar-refractivity contribution in [1.29, 1.82) is 0 Å². The van der Waals surface area contributed by atoms with Gasteiger partial charge in [-0.05, 0) is 56.6 Å². The van der Waals surface area contributed by atoms with Crippen LogP contribution in [-0.4, -0.2) is 35.7 Å². The van der Waals surface area contributed by atoms with Gasteiger partial charge in [0.2, 0.25) is 15.9 Å². The Kier molecular flexibility index (Phi) is 6.24. The third-order valence-electron chi connectivity index (χ3n) is 6.03. The summed E-state index contributed by atoms with van der Waals surface area (Å²) in [5, 5.41) is 2.72. The number of nitrogens with one attached hydrogen (secondary N) is 2. The van der Waals surface area contributed by atoms with Gasteiger partial charge in [0.05, 0.1) is 5.69 Å². The smallest absolute Gasteiger partial charge is 0.240 e. The molecule has 4 rings (SSSR count). The molecule has 1 aromatic carbocycles. The molecule has 2 N–H and O–H groups in total. The fourth-order valence-corrected chi connectivity index (χ4v) is 5.60. The first kappa shape index (κ1) is 21.1. The Morgan fingerprint density at radius 3 is 2.77 bits per heavy atom. The van der Waals surface area contributed by atoms with Crippen LogP contribution in [0.2, 0.25) is 0 Å². The van der Waals surface area contributed by atoms with Crippen molar-refractivity contribution in [1.82, 2.24) is 14.3 Å². The zero-order valence-corrected chi connectivity index (χ0v) is 18.2. The number of rotatable bonds is 6. The molecular weight excluding hydrogens is 400 g/mol. The van der Waals surface area contributed by atoms with E-state index in [-0.39, 0.29) is 6.04 Å². The van der Waals surface area contributed by atoms with Crippen LogP contribution < -0.4 is 10.0 Å². The van der Waals surface area contributed by atoms with Crippen molar-refractivity contribution in [3.8, 4) is 11.3 Å². The summed E-state index contributed by atoms with van der Waals surface area (Å²) in [7, 11) is -3.66. The molecule has 0 atom stereocenters. The second kappa shape index (κ2) is 8.89. The standard InChI is InChI=1S/C22H30N4O3S/c1-16-8-10-18(11-9-16)25-30(28,29)15-22(27)23-19-6-4-5-17(13-19)20-14-26-12-3-2-7-21(26)24-20/h4-6,13-14,16,18,25H,2-3,7-12,15H2,1H3,(H,23,27). The number of imidazole rings is 1. The first-order valence-electron chi connectivity index (χ1n) is 10.8. The van der Waals surface area contributed by atoms with Crippen LogP contribution in [0.25, 0.3) is 11.3 Å². The molecule has 0 spiro atoms. The molecule has 0 saturated heterocycles. The number of carbonyl (C=O) groups is 1. The normalized spacial score (nSPS) is 21.8. The summed E-state index contributed by atoms with van der Waals surface area (Å²) in [5.41, 5.74) is 2.36. The second-order valence-electron chi connectivity index (χ2n) is 8.66. The monoisotopic (exact) mass is 430 g/mol. The van der Waals surface area contributed by atoms with Crippen LogP contribution >= 0.6 is 0 Å². The number of fused-ring (bicyclic) bond motifs is 1. The molecule has 8 heteroatoms. The van der Waals surface area contributed by atoms with Crippen molar-refractivity contribution in [3.05, 3.63) is 36.3 Å². The number of anilines is 1. The number of sulfonamides is 1. The van der Waals surface area contributed by atoms with Crippen LogP contribution in [0, 0.1) is 5.92 Å². The van der Waals surface area contributed by atoms with E-state index in [1.165, 1.54) is 6.42 Å². The summed E-state index contributed by atoms with van der Waals surface area (Å²) in [6, 6.07) is 7.34. The van der Waals surface area contributed by atoms with Crippen molar-refractivity contribution >= 4 is 21.6 Å². The van der Waals surface area contributed by atoms with Crippen LogP contribution in [0.3, 0.4) is 0 Å². The minimum Gasteiger partial charge on any atom is -0.334 e. The van der Waals surface area contributed by atoms with E-state index < -0.39 is 21.7 Å². The highest BCUT2D eigenvalue weighted by molar-refractivity contribution is 7.90. The number of hydrogen-bond donors (Lipinski definition) is 2. The van der Waals surface area contributed by atoms with E-state index in [0.717, 1.165) is 62.2 Å². The summed E-state index contributed by atoms with van der Waals surface area (Å²) in [5.74, 6) is 0.636. The molecular formula is C22H30N4O3S. The van der Waals surface area contributed by atoms with Crippen LogP contribution in [0.5, 0.6) is 0 Å². The third kappa shape index (κ3) is 5.29. The molecule has 1 aromatic heterocycles. The van der Waals surface area contributed by atoms with Crippen LogP contribution in [-0.2, 0) is 27.8 Å². The number of aryl methyl sites for hydroxylation is 2. The van der Waals surface area contributed by atoms with Crippen LogP contribution in [0.4, 0.5) is 5.69 Å². The van der Waals surface area contributed by atoms with E-state index in [2.05, 4.69) is 27.7 Å². The maximum atomic E-state index is 12.4. The van der Waals surface area contributed by atoms with Gasteiger partial charge in [-0.25, -0.2) is 18.1 Å². The summed E-state index contributed by atoms with van der Waals surface area (Å²) < 4.78 is 29.7. The highest BCUT2D eigenvalue weighted by Gasteiger charge is 2.25.